The molecule has 1 fully saturated rings. The third-order valence-electron chi connectivity index (χ3n) is 4.35. The fourth-order valence-corrected chi connectivity index (χ4v) is 4.52. The van der Waals surface area contributed by atoms with Crippen molar-refractivity contribution in [2.75, 3.05) is 37.6 Å². The molecule has 1 heterocycles. The van der Waals surface area contributed by atoms with Crippen LogP contribution >= 0.6 is 0 Å². The summed E-state index contributed by atoms with van der Waals surface area (Å²) >= 11 is 0. The van der Waals surface area contributed by atoms with Crippen molar-refractivity contribution in [2.24, 2.45) is 0 Å². The van der Waals surface area contributed by atoms with Crippen LogP contribution in [0.25, 0.3) is 0 Å². The Labute approximate surface area is 150 Å². The lowest BCUT2D eigenvalue weighted by atomic mass is 10.1. The number of hydrogen-bond acceptors (Lipinski definition) is 4. The van der Waals surface area contributed by atoms with Crippen molar-refractivity contribution in [2.45, 2.75) is 31.6 Å². The first-order chi connectivity index (χ1) is 12.0. The van der Waals surface area contributed by atoms with Gasteiger partial charge >= 0.3 is 0 Å². The van der Waals surface area contributed by atoms with E-state index in [2.05, 4.69) is 16.1 Å². The smallest absolute Gasteiger partial charge is 0.254 e. The molecule has 1 aromatic rings. The van der Waals surface area contributed by atoms with E-state index < -0.39 is 10.0 Å². The van der Waals surface area contributed by atoms with Gasteiger partial charge in [-0.05, 0) is 31.0 Å². The Morgan fingerprint density at radius 2 is 1.92 bits per heavy atom. The van der Waals surface area contributed by atoms with Crippen LogP contribution in [0.4, 0.5) is 5.69 Å². The van der Waals surface area contributed by atoms with Crippen molar-refractivity contribution in [3.05, 3.63) is 23.8 Å². The SMILES string of the molecule is C#CCNC(=O)c1cc(S(=O)(=O)N(CC)CC)ccc1N1CCCC1. The van der Waals surface area contributed by atoms with Crippen LogP contribution in [-0.4, -0.2) is 51.4 Å². The van der Waals surface area contributed by atoms with Crippen LogP contribution in [0.15, 0.2) is 23.1 Å². The number of carbonyl (C=O) groups excluding carboxylic acids is 1. The number of anilines is 1. The van der Waals surface area contributed by atoms with E-state index in [1.807, 2.05) is 0 Å². The van der Waals surface area contributed by atoms with E-state index in [0.717, 1.165) is 31.6 Å². The minimum atomic E-state index is -3.62. The van der Waals surface area contributed by atoms with Gasteiger partial charge in [0.2, 0.25) is 10.0 Å². The highest BCUT2D eigenvalue weighted by Crippen LogP contribution is 2.28. The first kappa shape index (κ1) is 19.3. The normalized spacial score (nSPS) is 14.6. The summed E-state index contributed by atoms with van der Waals surface area (Å²) in [6.07, 6.45) is 7.33. The second-order valence-electron chi connectivity index (χ2n) is 5.85. The summed E-state index contributed by atoms with van der Waals surface area (Å²) in [4.78, 5) is 14.8. The van der Waals surface area contributed by atoms with Gasteiger partial charge in [-0.25, -0.2) is 8.42 Å². The van der Waals surface area contributed by atoms with Crippen LogP contribution in [0.5, 0.6) is 0 Å². The van der Waals surface area contributed by atoms with Crippen molar-refractivity contribution >= 4 is 21.6 Å². The van der Waals surface area contributed by atoms with E-state index in [-0.39, 0.29) is 17.3 Å². The molecule has 2 rings (SSSR count). The summed E-state index contributed by atoms with van der Waals surface area (Å²) in [5.41, 5.74) is 1.11. The third kappa shape index (κ3) is 4.14. The van der Waals surface area contributed by atoms with Gasteiger partial charge in [-0.15, -0.1) is 6.42 Å². The predicted molar refractivity (Wildman–Crippen MR) is 99.2 cm³/mol. The average Bonchev–Trinajstić information content (AvgIpc) is 3.14. The monoisotopic (exact) mass is 363 g/mol. The zero-order chi connectivity index (χ0) is 18.4. The molecule has 0 aromatic heterocycles. The molecule has 0 unspecified atom stereocenters. The molecule has 1 aliphatic rings. The van der Waals surface area contributed by atoms with Gasteiger partial charge < -0.3 is 10.2 Å². The largest absolute Gasteiger partial charge is 0.371 e. The van der Waals surface area contributed by atoms with Crippen LogP contribution < -0.4 is 10.2 Å². The molecule has 0 atom stereocenters. The van der Waals surface area contributed by atoms with Crippen molar-refractivity contribution in [3.63, 3.8) is 0 Å². The van der Waals surface area contributed by atoms with Crippen LogP contribution in [0, 0.1) is 12.3 Å². The Morgan fingerprint density at radius 3 is 2.48 bits per heavy atom. The van der Waals surface area contributed by atoms with Crippen LogP contribution in [0.3, 0.4) is 0 Å². The number of amides is 1. The molecule has 1 aliphatic heterocycles. The lowest BCUT2D eigenvalue weighted by Gasteiger charge is -2.23. The minimum absolute atomic E-state index is 0.102. The van der Waals surface area contributed by atoms with Gasteiger partial charge in [0, 0.05) is 31.9 Å². The van der Waals surface area contributed by atoms with Gasteiger partial charge in [0.15, 0.2) is 0 Å². The number of terminal acetylenes is 1. The highest BCUT2D eigenvalue weighted by molar-refractivity contribution is 7.89. The summed E-state index contributed by atoms with van der Waals surface area (Å²) in [6, 6.07) is 4.78. The first-order valence-electron chi connectivity index (χ1n) is 8.56. The molecule has 1 amide bonds. The van der Waals surface area contributed by atoms with Crippen LogP contribution in [-0.2, 0) is 10.0 Å². The maximum absolute atomic E-state index is 12.8. The molecule has 0 spiro atoms. The molecule has 1 N–H and O–H groups in total. The van der Waals surface area contributed by atoms with E-state index in [9.17, 15) is 13.2 Å². The first-order valence-corrected chi connectivity index (χ1v) is 10.0. The molecule has 0 saturated carbocycles. The molecule has 7 heteroatoms. The second-order valence-corrected chi connectivity index (χ2v) is 7.79. The third-order valence-corrected chi connectivity index (χ3v) is 6.40. The number of sulfonamides is 1. The maximum Gasteiger partial charge on any atom is 0.254 e. The van der Waals surface area contributed by atoms with Gasteiger partial charge in [-0.2, -0.15) is 4.31 Å². The van der Waals surface area contributed by atoms with Gasteiger partial charge in [-0.1, -0.05) is 19.8 Å². The molecule has 25 heavy (non-hydrogen) atoms. The highest BCUT2D eigenvalue weighted by Gasteiger charge is 2.26. The Kier molecular flexibility index (Phi) is 6.45. The quantitative estimate of drug-likeness (QED) is 0.749. The fourth-order valence-electron chi connectivity index (χ4n) is 3.03. The molecular formula is C18H25N3O3S. The van der Waals surface area contributed by atoms with E-state index in [1.165, 1.54) is 10.4 Å². The number of benzene rings is 1. The zero-order valence-corrected chi connectivity index (χ0v) is 15.6. The number of nitrogens with zero attached hydrogens (tertiary/aromatic N) is 2. The number of hydrogen-bond donors (Lipinski definition) is 1. The van der Waals surface area contributed by atoms with Crippen molar-refractivity contribution in [1.82, 2.24) is 9.62 Å². The number of nitrogens with one attached hydrogen (secondary N) is 1. The predicted octanol–water partition coefficient (Wildman–Crippen LogP) is 1.68. The lowest BCUT2D eigenvalue weighted by Crippen LogP contribution is -2.32. The molecular weight excluding hydrogens is 338 g/mol. The molecule has 0 radical (unpaired) electrons. The van der Waals surface area contributed by atoms with E-state index in [1.54, 1.807) is 26.0 Å². The summed E-state index contributed by atoms with van der Waals surface area (Å²) in [5.74, 6) is 2.02. The molecule has 0 bridgehead atoms. The zero-order valence-electron chi connectivity index (χ0n) is 14.8. The minimum Gasteiger partial charge on any atom is -0.371 e. The Balaban J connectivity index is 2.48. The molecule has 6 nitrogen and oxygen atoms in total. The number of rotatable bonds is 7. The maximum atomic E-state index is 12.8. The summed E-state index contributed by atoms with van der Waals surface area (Å²) in [7, 11) is -3.62. The van der Waals surface area contributed by atoms with Gasteiger partial charge in [0.05, 0.1) is 17.0 Å². The number of carbonyl (C=O) groups is 1. The van der Waals surface area contributed by atoms with Crippen LogP contribution in [0.1, 0.15) is 37.0 Å². The highest BCUT2D eigenvalue weighted by atomic mass is 32.2. The lowest BCUT2D eigenvalue weighted by molar-refractivity contribution is 0.0959. The average molecular weight is 363 g/mol. The van der Waals surface area contributed by atoms with Gasteiger partial charge in [-0.3, -0.25) is 4.79 Å². The Hall–Kier alpha value is -2.04. The van der Waals surface area contributed by atoms with E-state index in [0.29, 0.717) is 18.7 Å². The van der Waals surface area contributed by atoms with Gasteiger partial charge in [0.25, 0.3) is 5.91 Å². The second kappa shape index (κ2) is 8.37. The summed E-state index contributed by atoms with van der Waals surface area (Å²) in [5, 5.41) is 2.64. The van der Waals surface area contributed by atoms with Crippen molar-refractivity contribution < 1.29 is 13.2 Å². The Morgan fingerprint density at radius 1 is 1.28 bits per heavy atom. The van der Waals surface area contributed by atoms with Crippen LogP contribution in [0.2, 0.25) is 0 Å². The van der Waals surface area contributed by atoms with Crippen molar-refractivity contribution in [1.29, 1.82) is 0 Å². The van der Waals surface area contributed by atoms with Crippen molar-refractivity contribution in [3.8, 4) is 12.3 Å². The Bertz CT molecular complexity index is 758. The molecule has 1 aromatic carbocycles. The topological polar surface area (TPSA) is 69.7 Å². The van der Waals surface area contributed by atoms with Gasteiger partial charge in [0.1, 0.15) is 0 Å². The fraction of sp³-hybridized carbons (Fsp3) is 0.500. The summed E-state index contributed by atoms with van der Waals surface area (Å²) in [6.45, 7) is 6.16. The molecule has 136 valence electrons. The van der Waals surface area contributed by atoms with E-state index in [4.69, 9.17) is 6.42 Å². The standard InChI is InChI=1S/C18H25N3O3S/c1-4-11-19-18(22)16-14-15(25(23,24)21(5-2)6-3)9-10-17(16)20-12-7-8-13-20/h1,9-10,14H,5-8,11-13H2,2-3H3,(H,19,22). The molecule has 1 saturated heterocycles. The molecule has 0 aliphatic carbocycles. The van der Waals surface area contributed by atoms with E-state index >= 15 is 0 Å². The summed E-state index contributed by atoms with van der Waals surface area (Å²) < 4.78 is 26.9.